The predicted octanol–water partition coefficient (Wildman–Crippen LogP) is 2.73. The zero-order valence-corrected chi connectivity index (χ0v) is 11.5. The molecule has 0 atom stereocenters. The molecule has 2 aromatic rings. The molecule has 104 valence electrons. The number of nitrogens with one attached hydrogen (secondary N) is 3. The maximum atomic E-state index is 11.8. The van der Waals surface area contributed by atoms with Gasteiger partial charge < -0.3 is 16.0 Å². The number of amides is 2. The molecule has 0 radical (unpaired) electrons. The quantitative estimate of drug-likeness (QED) is 0.781. The van der Waals surface area contributed by atoms with Crippen molar-refractivity contribution in [3.05, 3.63) is 65.7 Å². The maximum Gasteiger partial charge on any atom is 0.319 e. The lowest BCUT2D eigenvalue weighted by atomic mass is 10.2. The van der Waals surface area contributed by atoms with Crippen molar-refractivity contribution in [1.29, 1.82) is 0 Å². The normalized spacial score (nSPS) is 10.1. The van der Waals surface area contributed by atoms with Crippen LogP contribution in [0.3, 0.4) is 0 Å². The molecule has 0 bridgehead atoms. The fourth-order valence-corrected chi connectivity index (χ4v) is 1.86. The second kappa shape index (κ2) is 7.31. The van der Waals surface area contributed by atoms with Crippen LogP contribution < -0.4 is 16.0 Å². The van der Waals surface area contributed by atoms with Gasteiger partial charge in [-0.3, -0.25) is 0 Å². The monoisotopic (exact) mass is 269 g/mol. The lowest BCUT2D eigenvalue weighted by Crippen LogP contribution is -2.28. The van der Waals surface area contributed by atoms with Gasteiger partial charge in [-0.05, 0) is 30.3 Å². The van der Waals surface area contributed by atoms with Crippen molar-refractivity contribution < 1.29 is 4.79 Å². The average molecular weight is 269 g/mol. The SMILES string of the molecule is CNCc1ccc(NC(=O)NCc2ccccc2)cc1. The summed E-state index contributed by atoms with van der Waals surface area (Å²) in [6, 6.07) is 17.4. The molecule has 0 spiro atoms. The van der Waals surface area contributed by atoms with Gasteiger partial charge in [0.15, 0.2) is 0 Å². The van der Waals surface area contributed by atoms with E-state index in [1.807, 2.05) is 61.6 Å². The van der Waals surface area contributed by atoms with Crippen molar-refractivity contribution in [1.82, 2.24) is 10.6 Å². The first-order chi connectivity index (χ1) is 9.78. The van der Waals surface area contributed by atoms with E-state index < -0.39 is 0 Å². The second-order valence-electron chi connectivity index (χ2n) is 4.52. The first-order valence-electron chi connectivity index (χ1n) is 6.60. The molecule has 4 heteroatoms. The van der Waals surface area contributed by atoms with Crippen LogP contribution in [0, 0.1) is 0 Å². The molecule has 3 N–H and O–H groups in total. The van der Waals surface area contributed by atoms with E-state index in [4.69, 9.17) is 0 Å². The van der Waals surface area contributed by atoms with Crippen molar-refractivity contribution in [3.8, 4) is 0 Å². The summed E-state index contributed by atoms with van der Waals surface area (Å²) < 4.78 is 0. The summed E-state index contributed by atoms with van der Waals surface area (Å²) in [4.78, 5) is 11.8. The van der Waals surface area contributed by atoms with E-state index in [0.717, 1.165) is 17.8 Å². The van der Waals surface area contributed by atoms with Crippen LogP contribution in [-0.4, -0.2) is 13.1 Å². The van der Waals surface area contributed by atoms with Crippen LogP contribution in [0.15, 0.2) is 54.6 Å². The second-order valence-corrected chi connectivity index (χ2v) is 4.52. The Hall–Kier alpha value is -2.33. The summed E-state index contributed by atoms with van der Waals surface area (Å²) in [5, 5.41) is 8.72. The molecule has 0 aliphatic heterocycles. The molecule has 2 rings (SSSR count). The highest BCUT2D eigenvalue weighted by Gasteiger charge is 2.01. The molecule has 2 aromatic carbocycles. The Labute approximate surface area is 119 Å². The van der Waals surface area contributed by atoms with E-state index in [1.54, 1.807) is 0 Å². The third-order valence-electron chi connectivity index (χ3n) is 2.89. The lowest BCUT2D eigenvalue weighted by molar-refractivity contribution is 0.251. The zero-order chi connectivity index (χ0) is 14.2. The molecule has 4 nitrogen and oxygen atoms in total. The summed E-state index contributed by atoms with van der Waals surface area (Å²) in [7, 11) is 1.91. The Morgan fingerprint density at radius 1 is 0.900 bits per heavy atom. The van der Waals surface area contributed by atoms with Gasteiger partial charge in [0.25, 0.3) is 0 Å². The van der Waals surface area contributed by atoms with E-state index in [1.165, 1.54) is 5.56 Å². The summed E-state index contributed by atoms with van der Waals surface area (Å²) in [6.45, 7) is 1.34. The van der Waals surface area contributed by atoms with E-state index in [9.17, 15) is 4.79 Å². The van der Waals surface area contributed by atoms with E-state index in [2.05, 4.69) is 16.0 Å². The number of hydrogen-bond acceptors (Lipinski definition) is 2. The van der Waals surface area contributed by atoms with Gasteiger partial charge in [0.2, 0.25) is 0 Å². The third-order valence-corrected chi connectivity index (χ3v) is 2.89. The van der Waals surface area contributed by atoms with Crippen LogP contribution in [0.4, 0.5) is 10.5 Å². The molecule has 0 heterocycles. The van der Waals surface area contributed by atoms with Crippen molar-refractivity contribution in [3.63, 3.8) is 0 Å². The fraction of sp³-hybridized carbons (Fsp3) is 0.188. The maximum absolute atomic E-state index is 11.8. The highest BCUT2D eigenvalue weighted by Crippen LogP contribution is 2.09. The molecule has 0 aliphatic rings. The minimum absolute atomic E-state index is 0.199. The third kappa shape index (κ3) is 4.40. The summed E-state index contributed by atoms with van der Waals surface area (Å²) in [5.41, 5.74) is 3.05. The van der Waals surface area contributed by atoms with Crippen LogP contribution in [0.1, 0.15) is 11.1 Å². The highest BCUT2D eigenvalue weighted by atomic mass is 16.2. The summed E-state index contributed by atoms with van der Waals surface area (Å²) in [6.07, 6.45) is 0. The van der Waals surface area contributed by atoms with Gasteiger partial charge in [-0.15, -0.1) is 0 Å². The Kier molecular flexibility index (Phi) is 5.15. The van der Waals surface area contributed by atoms with E-state index in [-0.39, 0.29) is 6.03 Å². The molecule has 0 saturated carbocycles. The van der Waals surface area contributed by atoms with Gasteiger partial charge >= 0.3 is 6.03 Å². The number of benzene rings is 2. The van der Waals surface area contributed by atoms with Gasteiger partial charge in [0.1, 0.15) is 0 Å². The van der Waals surface area contributed by atoms with Gasteiger partial charge in [0.05, 0.1) is 0 Å². The summed E-state index contributed by atoms with van der Waals surface area (Å²) in [5.74, 6) is 0. The number of carbonyl (C=O) groups is 1. The van der Waals surface area contributed by atoms with E-state index >= 15 is 0 Å². The first-order valence-corrected chi connectivity index (χ1v) is 6.60. The molecular formula is C16H19N3O. The Morgan fingerprint density at radius 2 is 1.55 bits per heavy atom. The Morgan fingerprint density at radius 3 is 2.20 bits per heavy atom. The minimum Gasteiger partial charge on any atom is -0.334 e. The van der Waals surface area contributed by atoms with Crippen LogP contribution in [-0.2, 0) is 13.1 Å². The first kappa shape index (κ1) is 14.1. The fourth-order valence-electron chi connectivity index (χ4n) is 1.86. The van der Waals surface area contributed by atoms with Crippen molar-refractivity contribution in [2.45, 2.75) is 13.1 Å². The van der Waals surface area contributed by atoms with Crippen LogP contribution in [0.5, 0.6) is 0 Å². The number of anilines is 1. The van der Waals surface area contributed by atoms with Crippen molar-refractivity contribution in [2.75, 3.05) is 12.4 Å². The standard InChI is InChI=1S/C16H19N3O/c1-17-11-14-7-9-15(10-8-14)19-16(20)18-12-13-5-3-2-4-6-13/h2-10,17H,11-12H2,1H3,(H2,18,19,20). The number of hydrogen-bond donors (Lipinski definition) is 3. The van der Waals surface area contributed by atoms with Gasteiger partial charge in [-0.25, -0.2) is 4.79 Å². The van der Waals surface area contributed by atoms with Gasteiger partial charge in [0, 0.05) is 18.8 Å². The predicted molar refractivity (Wildman–Crippen MR) is 81.5 cm³/mol. The number of urea groups is 1. The highest BCUT2D eigenvalue weighted by molar-refractivity contribution is 5.89. The number of carbonyl (C=O) groups excluding carboxylic acids is 1. The Bertz CT molecular complexity index is 537. The number of rotatable bonds is 5. The summed E-state index contributed by atoms with van der Waals surface area (Å²) >= 11 is 0. The molecule has 0 aromatic heterocycles. The molecule has 0 fully saturated rings. The minimum atomic E-state index is -0.199. The lowest BCUT2D eigenvalue weighted by Gasteiger charge is -2.08. The Balaban J connectivity index is 1.82. The smallest absolute Gasteiger partial charge is 0.319 e. The molecule has 2 amide bonds. The molecule has 20 heavy (non-hydrogen) atoms. The molecular weight excluding hydrogens is 250 g/mol. The van der Waals surface area contributed by atoms with Crippen LogP contribution >= 0.6 is 0 Å². The zero-order valence-electron chi connectivity index (χ0n) is 11.5. The van der Waals surface area contributed by atoms with E-state index in [0.29, 0.717) is 6.54 Å². The molecule has 0 saturated heterocycles. The van der Waals surface area contributed by atoms with Gasteiger partial charge in [-0.1, -0.05) is 42.5 Å². The largest absolute Gasteiger partial charge is 0.334 e. The molecule has 0 aliphatic carbocycles. The van der Waals surface area contributed by atoms with Crippen LogP contribution in [0.2, 0.25) is 0 Å². The average Bonchev–Trinajstić information content (AvgIpc) is 2.49. The van der Waals surface area contributed by atoms with Crippen LogP contribution in [0.25, 0.3) is 0 Å². The van der Waals surface area contributed by atoms with Crippen molar-refractivity contribution in [2.24, 2.45) is 0 Å². The topological polar surface area (TPSA) is 53.2 Å². The molecule has 0 unspecified atom stereocenters. The van der Waals surface area contributed by atoms with Crippen molar-refractivity contribution >= 4 is 11.7 Å². The van der Waals surface area contributed by atoms with Gasteiger partial charge in [-0.2, -0.15) is 0 Å².